The van der Waals surface area contributed by atoms with Crippen LogP contribution in [0.4, 0.5) is 13.6 Å². The van der Waals surface area contributed by atoms with Gasteiger partial charge in [-0.2, -0.15) is 4.31 Å². The van der Waals surface area contributed by atoms with Gasteiger partial charge in [-0.05, 0) is 55.2 Å². The van der Waals surface area contributed by atoms with Gasteiger partial charge in [0.1, 0.15) is 0 Å². The van der Waals surface area contributed by atoms with Gasteiger partial charge in [-0.3, -0.25) is 0 Å². The number of urea groups is 1. The molecular formula is C21H25F2N3O3S. The molecule has 2 N–H and O–H groups in total. The zero-order valence-corrected chi connectivity index (χ0v) is 17.5. The molecule has 0 saturated carbocycles. The van der Waals surface area contributed by atoms with Crippen LogP contribution in [0.15, 0.2) is 47.4 Å². The lowest BCUT2D eigenvalue weighted by Gasteiger charge is -2.25. The Bertz CT molecular complexity index is 991. The maximum atomic E-state index is 13.3. The fourth-order valence-corrected chi connectivity index (χ4v) is 4.85. The van der Waals surface area contributed by atoms with Gasteiger partial charge in [-0.25, -0.2) is 22.0 Å². The molecule has 1 saturated heterocycles. The molecule has 2 amide bonds. The summed E-state index contributed by atoms with van der Waals surface area (Å²) in [6, 6.07) is 8.89. The quantitative estimate of drug-likeness (QED) is 0.723. The van der Waals surface area contributed by atoms with Crippen molar-refractivity contribution >= 4 is 16.1 Å². The SMILES string of the molecule is CC(NC(=O)NCc1ccc(S(=O)(=O)N2CCCCC2)cc1)c1ccc(F)c(F)c1. The second-order valence-electron chi connectivity index (χ2n) is 7.33. The van der Waals surface area contributed by atoms with E-state index < -0.39 is 33.7 Å². The number of carbonyl (C=O) groups is 1. The van der Waals surface area contributed by atoms with E-state index in [1.54, 1.807) is 31.2 Å². The number of carbonyl (C=O) groups excluding carboxylic acids is 1. The van der Waals surface area contributed by atoms with Crippen LogP contribution in [0.5, 0.6) is 0 Å². The third kappa shape index (κ3) is 5.34. The Morgan fingerprint density at radius 2 is 1.70 bits per heavy atom. The predicted molar refractivity (Wildman–Crippen MR) is 109 cm³/mol. The van der Waals surface area contributed by atoms with Crippen molar-refractivity contribution in [3.05, 3.63) is 65.2 Å². The molecule has 2 aromatic rings. The number of hydrogen-bond acceptors (Lipinski definition) is 3. The van der Waals surface area contributed by atoms with Crippen LogP contribution < -0.4 is 10.6 Å². The van der Waals surface area contributed by atoms with Crippen molar-refractivity contribution in [1.29, 1.82) is 0 Å². The Morgan fingerprint density at radius 3 is 2.33 bits per heavy atom. The maximum Gasteiger partial charge on any atom is 0.315 e. The van der Waals surface area contributed by atoms with Gasteiger partial charge in [0.15, 0.2) is 11.6 Å². The smallest absolute Gasteiger partial charge is 0.315 e. The van der Waals surface area contributed by atoms with Crippen molar-refractivity contribution in [1.82, 2.24) is 14.9 Å². The van der Waals surface area contributed by atoms with Crippen LogP contribution in [0.2, 0.25) is 0 Å². The van der Waals surface area contributed by atoms with Gasteiger partial charge in [-0.1, -0.05) is 24.6 Å². The first-order chi connectivity index (χ1) is 14.3. The first-order valence-electron chi connectivity index (χ1n) is 9.86. The Labute approximate surface area is 175 Å². The van der Waals surface area contributed by atoms with Crippen LogP contribution in [-0.4, -0.2) is 31.8 Å². The number of benzene rings is 2. The zero-order valence-electron chi connectivity index (χ0n) is 16.7. The molecular weight excluding hydrogens is 412 g/mol. The minimum atomic E-state index is -3.49. The molecule has 1 atom stereocenters. The monoisotopic (exact) mass is 437 g/mol. The van der Waals surface area contributed by atoms with E-state index in [0.29, 0.717) is 18.7 Å². The summed E-state index contributed by atoms with van der Waals surface area (Å²) in [4.78, 5) is 12.3. The average molecular weight is 438 g/mol. The first kappa shape index (κ1) is 22.2. The second-order valence-corrected chi connectivity index (χ2v) is 9.27. The number of piperidine rings is 1. The molecule has 0 spiro atoms. The van der Waals surface area contributed by atoms with Crippen LogP contribution in [0, 0.1) is 11.6 Å². The number of amides is 2. The maximum absolute atomic E-state index is 13.3. The van der Waals surface area contributed by atoms with Gasteiger partial charge in [0, 0.05) is 19.6 Å². The van der Waals surface area contributed by atoms with Crippen molar-refractivity contribution in [2.45, 2.75) is 43.7 Å². The van der Waals surface area contributed by atoms with Crippen molar-refractivity contribution in [3.63, 3.8) is 0 Å². The van der Waals surface area contributed by atoms with Gasteiger partial charge < -0.3 is 10.6 Å². The minimum absolute atomic E-state index is 0.195. The summed E-state index contributed by atoms with van der Waals surface area (Å²) < 4.78 is 53.2. The number of sulfonamides is 1. The highest BCUT2D eigenvalue weighted by molar-refractivity contribution is 7.89. The number of nitrogens with zero attached hydrogens (tertiary/aromatic N) is 1. The number of rotatable bonds is 6. The summed E-state index contributed by atoms with van der Waals surface area (Å²) in [6.45, 7) is 2.94. The lowest BCUT2D eigenvalue weighted by Crippen LogP contribution is -2.36. The molecule has 2 aromatic carbocycles. The van der Waals surface area contributed by atoms with Crippen LogP contribution in [0.25, 0.3) is 0 Å². The van der Waals surface area contributed by atoms with E-state index in [9.17, 15) is 22.0 Å². The fourth-order valence-electron chi connectivity index (χ4n) is 3.33. The second kappa shape index (κ2) is 9.53. The Balaban J connectivity index is 1.54. The number of hydrogen-bond donors (Lipinski definition) is 2. The van der Waals surface area contributed by atoms with E-state index in [4.69, 9.17) is 0 Å². The Morgan fingerprint density at radius 1 is 1.03 bits per heavy atom. The van der Waals surface area contributed by atoms with Crippen molar-refractivity contribution < 1.29 is 22.0 Å². The third-order valence-corrected chi connectivity index (χ3v) is 7.03. The molecule has 0 aromatic heterocycles. The largest absolute Gasteiger partial charge is 0.334 e. The zero-order chi connectivity index (χ0) is 21.7. The van der Waals surface area contributed by atoms with Crippen molar-refractivity contribution in [2.24, 2.45) is 0 Å². The summed E-state index contributed by atoms with van der Waals surface area (Å²) in [7, 11) is -3.49. The highest BCUT2D eigenvalue weighted by atomic mass is 32.2. The molecule has 0 aliphatic carbocycles. The highest BCUT2D eigenvalue weighted by Gasteiger charge is 2.25. The molecule has 1 fully saturated rings. The standard InChI is InChI=1S/C21H25F2N3O3S/c1-15(17-7-10-19(22)20(23)13-17)25-21(27)24-14-16-5-8-18(9-6-16)30(28,29)26-11-3-2-4-12-26/h5-10,13,15H,2-4,11-12,14H2,1H3,(H2,24,25,27). The van der Waals surface area contributed by atoms with Crippen LogP contribution in [0.1, 0.15) is 43.4 Å². The van der Waals surface area contributed by atoms with Crippen molar-refractivity contribution in [2.75, 3.05) is 13.1 Å². The van der Waals surface area contributed by atoms with Crippen LogP contribution >= 0.6 is 0 Å². The van der Waals surface area contributed by atoms with Crippen LogP contribution in [0.3, 0.4) is 0 Å². The summed E-state index contributed by atoms with van der Waals surface area (Å²) in [6.07, 6.45) is 2.80. The fraction of sp³-hybridized carbons (Fsp3) is 0.381. The summed E-state index contributed by atoms with van der Waals surface area (Å²) in [5, 5.41) is 5.32. The number of halogens is 2. The molecule has 1 aliphatic rings. The van der Waals surface area contributed by atoms with E-state index in [2.05, 4.69) is 10.6 Å². The average Bonchev–Trinajstić information content (AvgIpc) is 2.75. The molecule has 162 valence electrons. The van der Waals surface area contributed by atoms with E-state index >= 15 is 0 Å². The molecule has 0 bridgehead atoms. The first-order valence-corrected chi connectivity index (χ1v) is 11.3. The van der Waals surface area contributed by atoms with Gasteiger partial charge >= 0.3 is 6.03 Å². The molecule has 0 radical (unpaired) electrons. The normalized spacial score (nSPS) is 16.1. The molecule has 1 unspecified atom stereocenters. The lowest BCUT2D eigenvalue weighted by atomic mass is 10.1. The summed E-state index contributed by atoms with van der Waals surface area (Å²) >= 11 is 0. The molecule has 3 rings (SSSR count). The Kier molecular flexibility index (Phi) is 7.04. The van der Waals surface area contributed by atoms with E-state index in [-0.39, 0.29) is 11.4 Å². The topological polar surface area (TPSA) is 78.5 Å². The molecule has 6 nitrogen and oxygen atoms in total. The number of nitrogens with one attached hydrogen (secondary N) is 2. The Hall–Kier alpha value is -2.52. The van der Waals surface area contributed by atoms with Gasteiger partial charge in [0.2, 0.25) is 10.0 Å². The molecule has 30 heavy (non-hydrogen) atoms. The van der Waals surface area contributed by atoms with E-state index in [1.165, 1.54) is 10.4 Å². The van der Waals surface area contributed by atoms with Crippen molar-refractivity contribution in [3.8, 4) is 0 Å². The minimum Gasteiger partial charge on any atom is -0.334 e. The van der Waals surface area contributed by atoms with E-state index in [0.717, 1.165) is 37.0 Å². The summed E-state index contributed by atoms with van der Waals surface area (Å²) in [5.74, 6) is -1.91. The lowest BCUT2D eigenvalue weighted by molar-refractivity contribution is 0.237. The predicted octanol–water partition coefficient (Wildman–Crippen LogP) is 3.70. The van der Waals surface area contributed by atoms with Crippen LogP contribution in [-0.2, 0) is 16.6 Å². The van der Waals surface area contributed by atoms with Gasteiger partial charge in [0.05, 0.1) is 10.9 Å². The molecule has 1 heterocycles. The third-order valence-electron chi connectivity index (χ3n) is 5.12. The van der Waals surface area contributed by atoms with Gasteiger partial charge in [-0.15, -0.1) is 0 Å². The molecule has 9 heteroatoms. The van der Waals surface area contributed by atoms with E-state index in [1.807, 2.05) is 0 Å². The van der Waals surface area contributed by atoms with Gasteiger partial charge in [0.25, 0.3) is 0 Å². The highest BCUT2D eigenvalue weighted by Crippen LogP contribution is 2.21. The molecule has 1 aliphatic heterocycles. The summed E-state index contributed by atoms with van der Waals surface area (Å²) in [5.41, 5.74) is 1.18.